The molecule has 1 aliphatic heterocycles. The third-order valence-corrected chi connectivity index (χ3v) is 1.57. The monoisotopic (exact) mass is 183 g/mol. The van der Waals surface area contributed by atoms with Crippen LogP contribution in [0.4, 0.5) is 0 Å². The Morgan fingerprint density at radius 2 is 2.30 bits per heavy atom. The van der Waals surface area contributed by atoms with Gasteiger partial charge in [-0.15, -0.1) is 6.04 Å². The summed E-state index contributed by atoms with van der Waals surface area (Å²) in [4.78, 5) is 0. The Morgan fingerprint density at radius 1 is 1.60 bits per heavy atom. The molecular weight excluding hydrogens is 171 g/mol. The summed E-state index contributed by atoms with van der Waals surface area (Å²) in [5.41, 5.74) is 8.42. The minimum Gasteiger partial charge on any atom is -0.565 e. The van der Waals surface area contributed by atoms with Crippen molar-refractivity contribution in [2.24, 2.45) is 0 Å². The minimum absolute atomic E-state index is 0. The molecule has 1 heterocycles. The van der Waals surface area contributed by atoms with E-state index in [0.29, 0.717) is 6.04 Å². The molecule has 10 heavy (non-hydrogen) atoms. The van der Waals surface area contributed by atoms with Crippen LogP contribution in [0.25, 0.3) is 5.43 Å². The molecule has 0 radical (unpaired) electrons. The predicted octanol–water partition coefficient (Wildman–Crippen LogP) is 1.95. The molecule has 1 rings (SSSR count). The maximum absolute atomic E-state index is 4.16. The zero-order valence-electron chi connectivity index (χ0n) is 6.33. The second-order valence-corrected chi connectivity index (χ2v) is 2.26. The van der Waals surface area contributed by atoms with Crippen LogP contribution in [0.2, 0.25) is 0 Å². The molecule has 0 saturated heterocycles. The van der Waals surface area contributed by atoms with Crippen LogP contribution in [0.1, 0.15) is 26.7 Å². The maximum atomic E-state index is 4.16. The van der Waals surface area contributed by atoms with Crippen LogP contribution < -0.4 is 5.43 Å². The topological polar surface area (TPSA) is 26.1 Å². The van der Waals surface area contributed by atoms with Crippen LogP contribution in [-0.4, -0.2) is 6.04 Å². The molecule has 0 saturated carbocycles. The Labute approximate surface area is 72.4 Å². The summed E-state index contributed by atoms with van der Waals surface area (Å²) in [6.07, 6.45) is 4.37. The maximum Gasteiger partial charge on any atom is 0 e. The average molecular weight is 184 g/mol. The van der Waals surface area contributed by atoms with Crippen molar-refractivity contribution in [3.05, 3.63) is 17.2 Å². The first-order chi connectivity index (χ1) is 4.36. The van der Waals surface area contributed by atoms with Gasteiger partial charge in [-0.25, -0.2) is 0 Å². The van der Waals surface area contributed by atoms with E-state index in [1.807, 2.05) is 0 Å². The van der Waals surface area contributed by atoms with Crippen LogP contribution in [0.15, 0.2) is 11.8 Å². The summed E-state index contributed by atoms with van der Waals surface area (Å²) >= 11 is 0. The molecular formula is C7H13N2Ni-. The van der Waals surface area contributed by atoms with Gasteiger partial charge in [0.1, 0.15) is 0 Å². The SMILES string of the molecule is CCC1=CC(CC)[N-]N1.[Ni]. The van der Waals surface area contributed by atoms with Crippen molar-refractivity contribution in [2.75, 3.05) is 0 Å². The standard InChI is InChI=1S/C7H13N2.Ni/c1-3-6-5-7(4-2)9-8-6;/h5-6,9H,3-4H2,1-2H3;/q-1;. The molecule has 0 aromatic rings. The smallest absolute Gasteiger partial charge is 0 e. The Hall–Kier alpha value is -0.00649. The van der Waals surface area contributed by atoms with Crippen molar-refractivity contribution in [3.63, 3.8) is 0 Å². The van der Waals surface area contributed by atoms with Crippen LogP contribution in [0.3, 0.4) is 0 Å². The van der Waals surface area contributed by atoms with Gasteiger partial charge < -0.3 is 10.9 Å². The normalized spacial score (nSPS) is 23.0. The molecule has 1 atom stereocenters. The molecule has 62 valence electrons. The number of hydrogen-bond donors (Lipinski definition) is 1. The van der Waals surface area contributed by atoms with Crippen molar-refractivity contribution in [1.82, 2.24) is 5.43 Å². The summed E-state index contributed by atoms with van der Waals surface area (Å²) in [6.45, 7) is 4.28. The molecule has 0 aliphatic carbocycles. The third kappa shape index (κ3) is 2.32. The van der Waals surface area contributed by atoms with Gasteiger partial charge in [-0.3, -0.25) is 0 Å². The van der Waals surface area contributed by atoms with E-state index in [4.69, 9.17) is 0 Å². The van der Waals surface area contributed by atoms with Crippen LogP contribution in [-0.2, 0) is 16.5 Å². The van der Waals surface area contributed by atoms with Crippen molar-refractivity contribution in [3.8, 4) is 0 Å². The van der Waals surface area contributed by atoms with E-state index >= 15 is 0 Å². The van der Waals surface area contributed by atoms with Gasteiger partial charge in [-0.05, 0) is 12.1 Å². The van der Waals surface area contributed by atoms with Crippen LogP contribution in [0, 0.1) is 0 Å². The molecule has 1 unspecified atom stereocenters. The van der Waals surface area contributed by atoms with E-state index in [-0.39, 0.29) is 16.5 Å². The zero-order valence-corrected chi connectivity index (χ0v) is 7.32. The molecule has 1 aliphatic rings. The van der Waals surface area contributed by atoms with Crippen molar-refractivity contribution >= 4 is 0 Å². The minimum atomic E-state index is 0. The quantitative estimate of drug-likeness (QED) is 0.652. The predicted molar refractivity (Wildman–Crippen MR) is 38.9 cm³/mol. The van der Waals surface area contributed by atoms with Crippen LogP contribution in [0.5, 0.6) is 0 Å². The second-order valence-electron chi connectivity index (χ2n) is 2.26. The van der Waals surface area contributed by atoms with Gasteiger partial charge in [-0.1, -0.05) is 26.3 Å². The molecule has 2 nitrogen and oxygen atoms in total. The van der Waals surface area contributed by atoms with Gasteiger partial charge in [0, 0.05) is 16.5 Å². The molecule has 0 spiro atoms. The van der Waals surface area contributed by atoms with E-state index in [1.54, 1.807) is 0 Å². The molecule has 0 amide bonds. The van der Waals surface area contributed by atoms with Gasteiger partial charge in [0.2, 0.25) is 0 Å². The number of rotatable bonds is 2. The van der Waals surface area contributed by atoms with Crippen molar-refractivity contribution in [1.29, 1.82) is 0 Å². The molecule has 3 heteroatoms. The van der Waals surface area contributed by atoms with E-state index < -0.39 is 0 Å². The molecule has 0 fully saturated rings. The fourth-order valence-corrected chi connectivity index (χ4v) is 0.879. The number of nitrogens with zero attached hydrogens (tertiary/aromatic N) is 1. The number of nitrogens with one attached hydrogen (secondary N) is 1. The zero-order chi connectivity index (χ0) is 6.69. The van der Waals surface area contributed by atoms with E-state index in [9.17, 15) is 0 Å². The first-order valence-electron chi connectivity index (χ1n) is 3.53. The van der Waals surface area contributed by atoms with E-state index in [1.165, 1.54) is 5.70 Å². The van der Waals surface area contributed by atoms with E-state index in [2.05, 4.69) is 30.8 Å². The summed E-state index contributed by atoms with van der Waals surface area (Å²) in [7, 11) is 0. The van der Waals surface area contributed by atoms with Gasteiger partial charge in [0.15, 0.2) is 0 Å². The third-order valence-electron chi connectivity index (χ3n) is 1.57. The van der Waals surface area contributed by atoms with Crippen LogP contribution >= 0.6 is 0 Å². The van der Waals surface area contributed by atoms with Gasteiger partial charge in [-0.2, -0.15) is 0 Å². The largest absolute Gasteiger partial charge is 0.565 e. The van der Waals surface area contributed by atoms with Crippen molar-refractivity contribution in [2.45, 2.75) is 32.7 Å². The first kappa shape index (κ1) is 9.99. The fourth-order valence-electron chi connectivity index (χ4n) is 0.879. The molecule has 0 aromatic carbocycles. The molecule has 1 N–H and O–H groups in total. The van der Waals surface area contributed by atoms with E-state index in [0.717, 1.165) is 12.8 Å². The molecule has 0 bridgehead atoms. The Kier molecular flexibility index (Phi) is 4.75. The Bertz CT molecular complexity index is 123. The fraction of sp³-hybridized carbons (Fsp3) is 0.714. The molecule has 0 aromatic heterocycles. The second kappa shape index (κ2) is 4.75. The summed E-state index contributed by atoms with van der Waals surface area (Å²) in [6, 6.07) is 0.431. The Balaban J connectivity index is 0.000000810. The Morgan fingerprint density at radius 3 is 2.60 bits per heavy atom. The average Bonchev–Trinajstić information content (AvgIpc) is 2.34. The number of hydrogen-bond acceptors (Lipinski definition) is 1. The summed E-state index contributed by atoms with van der Waals surface area (Å²) < 4.78 is 0. The first-order valence-corrected chi connectivity index (χ1v) is 3.53. The van der Waals surface area contributed by atoms with Gasteiger partial charge >= 0.3 is 0 Å². The summed E-state index contributed by atoms with van der Waals surface area (Å²) in [5, 5.41) is 0. The van der Waals surface area contributed by atoms with Crippen molar-refractivity contribution < 1.29 is 16.5 Å². The number of allylic oxidation sites excluding steroid dienone is 1. The summed E-state index contributed by atoms with van der Waals surface area (Å²) in [5.74, 6) is 0. The van der Waals surface area contributed by atoms with Gasteiger partial charge in [0.05, 0.1) is 0 Å². The van der Waals surface area contributed by atoms with Gasteiger partial charge in [0.25, 0.3) is 0 Å².